The van der Waals surface area contributed by atoms with Gasteiger partial charge in [0.15, 0.2) is 5.82 Å². The summed E-state index contributed by atoms with van der Waals surface area (Å²) in [6, 6.07) is 15.1. The molecule has 1 aliphatic heterocycles. The van der Waals surface area contributed by atoms with Crippen molar-refractivity contribution >= 4 is 23.4 Å². The maximum atomic E-state index is 12.5. The van der Waals surface area contributed by atoms with E-state index in [0.717, 1.165) is 23.3 Å². The van der Waals surface area contributed by atoms with Gasteiger partial charge in [-0.05, 0) is 37.3 Å². The predicted octanol–water partition coefficient (Wildman–Crippen LogP) is 4.91. The number of anilines is 1. The molecule has 2 aromatic carbocycles. The molecule has 0 spiro atoms. The zero-order valence-corrected chi connectivity index (χ0v) is 16.6. The van der Waals surface area contributed by atoms with Gasteiger partial charge in [0.05, 0.1) is 19.3 Å². The maximum Gasteiger partial charge on any atom is 0.343 e. The number of aromatic nitrogens is 2. The summed E-state index contributed by atoms with van der Waals surface area (Å²) >= 11 is 5.98. The average Bonchev–Trinajstić information content (AvgIpc) is 2.75. The lowest BCUT2D eigenvalue weighted by Crippen LogP contribution is -2.22. The molecule has 29 heavy (non-hydrogen) atoms. The van der Waals surface area contributed by atoms with Gasteiger partial charge in [-0.2, -0.15) is 0 Å². The number of halogens is 1. The molecular formula is C22H20ClN3O3. The van der Waals surface area contributed by atoms with E-state index in [1.54, 1.807) is 19.1 Å². The van der Waals surface area contributed by atoms with Crippen LogP contribution < -0.4 is 10.1 Å². The van der Waals surface area contributed by atoms with Gasteiger partial charge in [-0.15, -0.1) is 0 Å². The van der Waals surface area contributed by atoms with Gasteiger partial charge in [0, 0.05) is 28.8 Å². The molecule has 1 aliphatic rings. The molecule has 1 aromatic heterocycles. The first kappa shape index (κ1) is 19.2. The summed E-state index contributed by atoms with van der Waals surface area (Å²) in [4.78, 5) is 21.5. The van der Waals surface area contributed by atoms with Gasteiger partial charge in [0.2, 0.25) is 0 Å². The molecule has 4 rings (SSSR count). The molecule has 148 valence electrons. The van der Waals surface area contributed by atoms with Crippen LogP contribution in [0.1, 0.15) is 35.3 Å². The number of benzene rings is 2. The number of esters is 1. The molecule has 6 nitrogen and oxygen atoms in total. The number of nitrogens with one attached hydrogen (secondary N) is 1. The van der Waals surface area contributed by atoms with Crippen molar-refractivity contribution in [2.45, 2.75) is 19.4 Å². The van der Waals surface area contributed by atoms with Gasteiger partial charge in [0.1, 0.15) is 17.1 Å². The number of hydrogen-bond donors (Lipinski definition) is 1. The summed E-state index contributed by atoms with van der Waals surface area (Å²) in [5, 5.41) is 4.04. The van der Waals surface area contributed by atoms with Crippen molar-refractivity contribution in [2.24, 2.45) is 0 Å². The molecule has 0 aliphatic carbocycles. The van der Waals surface area contributed by atoms with Crippen LogP contribution >= 0.6 is 11.6 Å². The van der Waals surface area contributed by atoms with Crippen molar-refractivity contribution in [1.82, 2.24) is 9.97 Å². The minimum absolute atomic E-state index is 0.0407. The van der Waals surface area contributed by atoms with Crippen LogP contribution in [0.2, 0.25) is 5.02 Å². The lowest BCUT2D eigenvalue weighted by Gasteiger charge is -2.27. The highest BCUT2D eigenvalue weighted by Gasteiger charge is 2.24. The Morgan fingerprint density at radius 1 is 1.24 bits per heavy atom. The number of ether oxygens (including phenoxy) is 2. The number of hydrogen-bond acceptors (Lipinski definition) is 6. The van der Waals surface area contributed by atoms with E-state index in [1.807, 2.05) is 36.4 Å². The monoisotopic (exact) mass is 409 g/mol. The molecule has 0 fully saturated rings. The summed E-state index contributed by atoms with van der Waals surface area (Å²) in [7, 11) is 0. The highest BCUT2D eigenvalue weighted by Crippen LogP contribution is 2.34. The Bertz CT molecular complexity index is 1020. The van der Waals surface area contributed by atoms with Crippen molar-refractivity contribution < 1.29 is 14.3 Å². The molecule has 0 bridgehead atoms. The van der Waals surface area contributed by atoms with E-state index in [2.05, 4.69) is 15.3 Å². The van der Waals surface area contributed by atoms with Crippen molar-refractivity contribution in [2.75, 3.05) is 18.5 Å². The Hall–Kier alpha value is -3.12. The Balaban J connectivity index is 1.72. The fourth-order valence-corrected chi connectivity index (χ4v) is 3.37. The number of rotatable bonds is 5. The highest BCUT2D eigenvalue weighted by atomic mass is 35.5. The predicted molar refractivity (Wildman–Crippen MR) is 111 cm³/mol. The molecule has 0 saturated heterocycles. The summed E-state index contributed by atoms with van der Waals surface area (Å²) in [5.74, 6) is 1.31. The van der Waals surface area contributed by atoms with Crippen molar-refractivity contribution in [1.29, 1.82) is 0 Å². The van der Waals surface area contributed by atoms with Crippen LogP contribution in [0.15, 0.2) is 54.7 Å². The van der Waals surface area contributed by atoms with Crippen LogP contribution in [0, 0.1) is 0 Å². The van der Waals surface area contributed by atoms with Crippen molar-refractivity contribution in [3.63, 3.8) is 0 Å². The number of fused-ring (bicyclic) bond motifs is 1. The molecule has 1 unspecified atom stereocenters. The van der Waals surface area contributed by atoms with Crippen LogP contribution in [0.25, 0.3) is 11.4 Å². The maximum absolute atomic E-state index is 12.5. The standard InChI is InChI=1S/C22H20ClN3O3/c1-2-28-22(27)17-13-24-20(14-7-9-15(23)10-8-14)26-21(17)25-18-11-12-29-19-6-4-3-5-16(18)19/h3-10,13,18H,2,11-12H2,1H3,(H,24,25,26). The van der Waals surface area contributed by atoms with E-state index in [4.69, 9.17) is 21.1 Å². The minimum Gasteiger partial charge on any atom is -0.493 e. The number of carbonyl (C=O) groups excluding carboxylic acids is 1. The Morgan fingerprint density at radius 3 is 2.83 bits per heavy atom. The Morgan fingerprint density at radius 2 is 2.03 bits per heavy atom. The molecule has 3 aromatic rings. The van der Waals surface area contributed by atoms with E-state index < -0.39 is 5.97 Å². The lowest BCUT2D eigenvalue weighted by atomic mass is 10.0. The summed E-state index contributed by atoms with van der Waals surface area (Å²) in [5.41, 5.74) is 2.13. The first-order valence-corrected chi connectivity index (χ1v) is 9.82. The van der Waals surface area contributed by atoms with Gasteiger partial charge >= 0.3 is 5.97 Å². The largest absolute Gasteiger partial charge is 0.493 e. The molecule has 0 amide bonds. The first-order valence-electron chi connectivity index (χ1n) is 9.44. The van der Waals surface area contributed by atoms with E-state index in [1.165, 1.54) is 6.20 Å². The molecular weight excluding hydrogens is 390 g/mol. The molecule has 2 heterocycles. The third kappa shape index (κ3) is 4.17. The van der Waals surface area contributed by atoms with Gasteiger partial charge in [0.25, 0.3) is 0 Å². The van der Waals surface area contributed by atoms with Crippen molar-refractivity contribution in [3.8, 4) is 17.1 Å². The fourth-order valence-electron chi connectivity index (χ4n) is 3.25. The third-order valence-electron chi connectivity index (χ3n) is 4.66. The van der Waals surface area contributed by atoms with Crippen LogP contribution in [0.4, 0.5) is 5.82 Å². The first-order chi connectivity index (χ1) is 14.2. The van der Waals surface area contributed by atoms with Crippen LogP contribution in [-0.4, -0.2) is 29.2 Å². The lowest BCUT2D eigenvalue weighted by molar-refractivity contribution is 0.0526. The zero-order valence-electron chi connectivity index (χ0n) is 15.9. The second-order valence-corrected chi connectivity index (χ2v) is 6.99. The van der Waals surface area contributed by atoms with E-state index in [-0.39, 0.29) is 12.6 Å². The SMILES string of the molecule is CCOC(=O)c1cnc(-c2ccc(Cl)cc2)nc1NC1CCOc2ccccc21. The smallest absolute Gasteiger partial charge is 0.343 e. The second-order valence-electron chi connectivity index (χ2n) is 6.56. The fraction of sp³-hybridized carbons (Fsp3) is 0.227. The molecule has 0 saturated carbocycles. The van der Waals surface area contributed by atoms with E-state index in [9.17, 15) is 4.79 Å². The van der Waals surface area contributed by atoms with Crippen molar-refractivity contribution in [3.05, 3.63) is 70.9 Å². The zero-order chi connectivity index (χ0) is 20.2. The molecule has 1 atom stereocenters. The second kappa shape index (κ2) is 8.49. The highest BCUT2D eigenvalue weighted by molar-refractivity contribution is 6.30. The molecule has 7 heteroatoms. The summed E-state index contributed by atoms with van der Waals surface area (Å²) in [6.45, 7) is 2.62. The van der Waals surface area contributed by atoms with Crippen LogP contribution in [0.5, 0.6) is 5.75 Å². The number of para-hydroxylation sites is 1. The number of nitrogens with zero attached hydrogens (tertiary/aromatic N) is 2. The quantitative estimate of drug-likeness (QED) is 0.603. The Kier molecular flexibility index (Phi) is 5.62. The Labute approximate surface area is 173 Å². The van der Waals surface area contributed by atoms with Gasteiger partial charge < -0.3 is 14.8 Å². The summed E-state index contributed by atoms with van der Waals surface area (Å²) in [6.07, 6.45) is 2.25. The summed E-state index contributed by atoms with van der Waals surface area (Å²) < 4.78 is 10.9. The van der Waals surface area contributed by atoms with Crippen LogP contribution in [0.3, 0.4) is 0 Å². The normalized spacial score (nSPS) is 15.2. The van der Waals surface area contributed by atoms with Gasteiger partial charge in [-0.1, -0.05) is 29.8 Å². The van der Waals surface area contributed by atoms with E-state index >= 15 is 0 Å². The van der Waals surface area contributed by atoms with Gasteiger partial charge in [-0.3, -0.25) is 0 Å². The van der Waals surface area contributed by atoms with Gasteiger partial charge in [-0.25, -0.2) is 14.8 Å². The number of carbonyl (C=O) groups is 1. The minimum atomic E-state index is -0.460. The molecule has 1 N–H and O–H groups in total. The average molecular weight is 410 g/mol. The topological polar surface area (TPSA) is 73.3 Å². The van der Waals surface area contributed by atoms with E-state index in [0.29, 0.717) is 28.8 Å². The molecule has 0 radical (unpaired) electrons. The third-order valence-corrected chi connectivity index (χ3v) is 4.91. The van der Waals surface area contributed by atoms with Crippen LogP contribution in [-0.2, 0) is 4.74 Å².